The summed E-state index contributed by atoms with van der Waals surface area (Å²) in [4.78, 5) is 43.2. The zero-order valence-electron chi connectivity index (χ0n) is 21.7. The molecule has 1 heterocycles. The molecule has 194 valence electrons. The van der Waals surface area contributed by atoms with E-state index in [-0.39, 0.29) is 30.2 Å². The van der Waals surface area contributed by atoms with Crippen molar-refractivity contribution in [3.05, 3.63) is 76.8 Å². The summed E-state index contributed by atoms with van der Waals surface area (Å²) >= 11 is 6.05. The van der Waals surface area contributed by atoms with E-state index in [4.69, 9.17) is 11.6 Å². The largest absolute Gasteiger partial charge is 0.352 e. The van der Waals surface area contributed by atoms with Crippen molar-refractivity contribution in [2.24, 2.45) is 0 Å². The van der Waals surface area contributed by atoms with Crippen LogP contribution >= 0.6 is 11.6 Å². The maximum atomic E-state index is 13.6. The zero-order chi connectivity index (χ0) is 26.5. The van der Waals surface area contributed by atoms with Crippen LogP contribution in [0.3, 0.4) is 0 Å². The fraction of sp³-hybridized carbons (Fsp3) is 0.367. The molecule has 1 N–H and O–H groups in total. The zero-order valence-corrected chi connectivity index (χ0v) is 22.4. The van der Waals surface area contributed by atoms with E-state index in [0.717, 1.165) is 28.4 Å². The van der Waals surface area contributed by atoms with Crippen LogP contribution in [0.1, 0.15) is 62.4 Å². The molecule has 3 aromatic rings. The number of carbonyl (C=O) groups is 3. The van der Waals surface area contributed by atoms with E-state index in [2.05, 4.69) is 5.32 Å². The highest BCUT2D eigenvalue weighted by Gasteiger charge is 2.31. The van der Waals surface area contributed by atoms with Crippen LogP contribution in [-0.4, -0.2) is 41.2 Å². The Hall–Kier alpha value is -3.38. The highest BCUT2D eigenvalue weighted by Crippen LogP contribution is 2.37. The predicted octanol–water partition coefficient (Wildman–Crippen LogP) is 5.96. The van der Waals surface area contributed by atoms with E-state index >= 15 is 0 Å². The van der Waals surface area contributed by atoms with Crippen LogP contribution in [0.25, 0.3) is 10.8 Å². The third-order valence-electron chi connectivity index (χ3n) is 7.07. The van der Waals surface area contributed by atoms with Crippen LogP contribution in [0, 0.1) is 0 Å². The van der Waals surface area contributed by atoms with Crippen molar-refractivity contribution in [1.82, 2.24) is 10.2 Å². The number of benzene rings is 3. The molecule has 7 heteroatoms. The van der Waals surface area contributed by atoms with Crippen molar-refractivity contribution in [2.75, 3.05) is 11.4 Å². The molecule has 0 saturated carbocycles. The maximum Gasteiger partial charge on any atom is 0.258 e. The van der Waals surface area contributed by atoms with Crippen molar-refractivity contribution >= 4 is 45.8 Å². The smallest absolute Gasteiger partial charge is 0.258 e. The molecule has 0 saturated heterocycles. The van der Waals surface area contributed by atoms with Gasteiger partial charge in [0.05, 0.1) is 5.69 Å². The fourth-order valence-corrected chi connectivity index (χ4v) is 5.01. The monoisotopic (exact) mass is 519 g/mol. The first-order chi connectivity index (χ1) is 17.8. The summed E-state index contributed by atoms with van der Waals surface area (Å²) in [5.41, 5.74) is 2.50. The van der Waals surface area contributed by atoms with Crippen LogP contribution in [0.4, 0.5) is 5.69 Å². The number of rotatable bonds is 11. The van der Waals surface area contributed by atoms with Gasteiger partial charge in [-0.2, -0.15) is 0 Å². The second kappa shape index (κ2) is 11.8. The Kier molecular flexibility index (Phi) is 8.49. The topological polar surface area (TPSA) is 69.7 Å². The lowest BCUT2D eigenvalue weighted by Crippen LogP contribution is -2.50. The quantitative estimate of drug-likeness (QED) is 0.340. The van der Waals surface area contributed by atoms with Gasteiger partial charge in [-0.3, -0.25) is 14.4 Å². The minimum absolute atomic E-state index is 0.0274. The van der Waals surface area contributed by atoms with Crippen LogP contribution in [0.2, 0.25) is 5.02 Å². The van der Waals surface area contributed by atoms with Gasteiger partial charge >= 0.3 is 0 Å². The first-order valence-corrected chi connectivity index (χ1v) is 13.4. The average molecular weight is 520 g/mol. The molecule has 2 atom stereocenters. The van der Waals surface area contributed by atoms with Crippen molar-refractivity contribution in [2.45, 2.75) is 65.1 Å². The molecular formula is C30H34ClN3O3. The third kappa shape index (κ3) is 5.80. The van der Waals surface area contributed by atoms with Gasteiger partial charge in [-0.25, -0.2) is 0 Å². The van der Waals surface area contributed by atoms with Gasteiger partial charge < -0.3 is 15.1 Å². The van der Waals surface area contributed by atoms with Gasteiger partial charge in [-0.05, 0) is 61.4 Å². The van der Waals surface area contributed by atoms with Gasteiger partial charge in [0.15, 0.2) is 0 Å². The molecule has 1 aliphatic heterocycles. The van der Waals surface area contributed by atoms with Crippen molar-refractivity contribution in [1.29, 1.82) is 0 Å². The lowest BCUT2D eigenvalue weighted by Gasteiger charge is -2.31. The second-order valence-corrected chi connectivity index (χ2v) is 10.1. The standard InChI is InChI=1S/C30H34ClN3O3/c1-4-20(3)32-29(36)25(5-2)34(19-21-14-16-23(31)17-15-21)27(35)13-8-18-33-26-12-7-10-22-9-6-11-24(28(22)26)30(33)37/h6-7,9-12,14-17,20,25H,4-5,8,13,18-19H2,1-3H3,(H,32,36)/t20-,25-/m1/s1. The van der Waals surface area contributed by atoms with Crippen LogP contribution in [0.5, 0.6) is 0 Å². The number of amides is 3. The molecule has 4 rings (SSSR count). The number of halogens is 1. The maximum absolute atomic E-state index is 13.6. The summed E-state index contributed by atoms with van der Waals surface area (Å²) in [6, 6.07) is 18.5. The molecule has 0 radical (unpaired) electrons. The number of carbonyl (C=O) groups excluding carboxylic acids is 3. The van der Waals surface area contributed by atoms with Crippen LogP contribution in [0.15, 0.2) is 60.7 Å². The summed E-state index contributed by atoms with van der Waals surface area (Å²) in [5.74, 6) is -0.281. The molecule has 0 unspecified atom stereocenters. The first kappa shape index (κ1) is 26.7. The molecule has 0 aromatic heterocycles. The molecule has 3 amide bonds. The van der Waals surface area contributed by atoms with Crippen LogP contribution in [-0.2, 0) is 16.1 Å². The van der Waals surface area contributed by atoms with Gasteiger partial charge in [0.25, 0.3) is 5.91 Å². The molecule has 6 nitrogen and oxygen atoms in total. The molecule has 37 heavy (non-hydrogen) atoms. The number of nitrogens with one attached hydrogen (secondary N) is 1. The highest BCUT2D eigenvalue weighted by atomic mass is 35.5. The molecule has 0 spiro atoms. The van der Waals surface area contributed by atoms with E-state index in [9.17, 15) is 14.4 Å². The first-order valence-electron chi connectivity index (χ1n) is 13.0. The molecule has 1 aliphatic rings. The Morgan fingerprint density at radius 3 is 2.38 bits per heavy atom. The van der Waals surface area contributed by atoms with Gasteiger partial charge in [-0.15, -0.1) is 0 Å². The summed E-state index contributed by atoms with van der Waals surface area (Å²) < 4.78 is 0. The van der Waals surface area contributed by atoms with Crippen molar-refractivity contribution < 1.29 is 14.4 Å². The molecule has 3 aromatic carbocycles. The number of hydrogen-bond donors (Lipinski definition) is 1. The lowest BCUT2D eigenvalue weighted by molar-refractivity contribution is -0.141. The third-order valence-corrected chi connectivity index (χ3v) is 7.33. The SMILES string of the molecule is CC[C@@H](C)NC(=O)[C@@H](CC)N(Cc1ccc(Cl)cc1)C(=O)CCCN1C(=O)c2cccc3cccc1c23. The van der Waals surface area contributed by atoms with Crippen molar-refractivity contribution in [3.8, 4) is 0 Å². The fourth-order valence-electron chi connectivity index (χ4n) is 4.88. The minimum Gasteiger partial charge on any atom is -0.352 e. The lowest BCUT2D eigenvalue weighted by atomic mass is 10.1. The Balaban J connectivity index is 1.48. The van der Waals surface area contributed by atoms with Gasteiger partial charge in [-0.1, -0.05) is 61.8 Å². The van der Waals surface area contributed by atoms with E-state index < -0.39 is 6.04 Å². The second-order valence-electron chi connectivity index (χ2n) is 9.63. The molecule has 0 aliphatic carbocycles. The Morgan fingerprint density at radius 1 is 1.00 bits per heavy atom. The van der Waals surface area contributed by atoms with Crippen LogP contribution < -0.4 is 10.2 Å². The Labute approximate surface area is 223 Å². The van der Waals surface area contributed by atoms with E-state index in [1.807, 2.05) is 69.3 Å². The number of hydrogen-bond acceptors (Lipinski definition) is 3. The molecular weight excluding hydrogens is 486 g/mol. The van der Waals surface area contributed by atoms with Gasteiger partial charge in [0.1, 0.15) is 6.04 Å². The van der Waals surface area contributed by atoms with E-state index in [0.29, 0.717) is 36.5 Å². The number of anilines is 1. The Morgan fingerprint density at radius 2 is 1.70 bits per heavy atom. The average Bonchev–Trinajstić information content (AvgIpc) is 3.17. The summed E-state index contributed by atoms with van der Waals surface area (Å²) in [6.07, 6.45) is 2.04. The summed E-state index contributed by atoms with van der Waals surface area (Å²) in [6.45, 7) is 6.64. The minimum atomic E-state index is -0.580. The Bertz CT molecular complexity index is 1290. The normalized spacial score (nSPS) is 14.1. The van der Waals surface area contributed by atoms with E-state index in [1.54, 1.807) is 21.9 Å². The van der Waals surface area contributed by atoms with Gasteiger partial charge in [0, 0.05) is 41.5 Å². The summed E-state index contributed by atoms with van der Waals surface area (Å²) in [7, 11) is 0. The van der Waals surface area contributed by atoms with E-state index in [1.165, 1.54) is 0 Å². The molecule has 0 bridgehead atoms. The molecule has 0 fully saturated rings. The summed E-state index contributed by atoms with van der Waals surface area (Å²) in [5, 5.41) is 5.66. The van der Waals surface area contributed by atoms with Crippen molar-refractivity contribution in [3.63, 3.8) is 0 Å². The highest BCUT2D eigenvalue weighted by molar-refractivity contribution is 6.30. The van der Waals surface area contributed by atoms with Gasteiger partial charge in [0.2, 0.25) is 11.8 Å². The predicted molar refractivity (Wildman–Crippen MR) is 149 cm³/mol. The number of nitrogens with zero attached hydrogens (tertiary/aromatic N) is 2.